The Labute approximate surface area is 141 Å². The van der Waals surface area contributed by atoms with Crippen LogP contribution in [0.25, 0.3) is 0 Å². The van der Waals surface area contributed by atoms with Crippen LogP contribution in [-0.4, -0.2) is 37.0 Å². The van der Waals surface area contributed by atoms with E-state index in [0.29, 0.717) is 18.7 Å². The number of hydrogen-bond acceptors (Lipinski definition) is 3. The van der Waals surface area contributed by atoms with Crippen LogP contribution in [0.2, 0.25) is 0 Å². The average Bonchev–Trinajstić information content (AvgIpc) is 2.53. The topological polar surface area (TPSA) is 46.6 Å². The maximum Gasteiger partial charge on any atom is 0.307 e. The zero-order valence-corrected chi connectivity index (χ0v) is 14.9. The molecule has 22 heavy (non-hydrogen) atoms. The number of amides is 1. The fourth-order valence-corrected chi connectivity index (χ4v) is 2.58. The van der Waals surface area contributed by atoms with Crippen LogP contribution in [0.1, 0.15) is 49.4 Å². The molecule has 4 nitrogen and oxygen atoms in total. The molecular formula is C17H24BrNO3. The molecule has 0 fully saturated rings. The van der Waals surface area contributed by atoms with Crippen molar-refractivity contribution in [2.24, 2.45) is 0 Å². The van der Waals surface area contributed by atoms with Gasteiger partial charge in [-0.1, -0.05) is 48.2 Å². The molecule has 0 N–H and O–H groups in total. The molecule has 0 saturated heterocycles. The second-order valence-corrected chi connectivity index (χ2v) is 6.11. The van der Waals surface area contributed by atoms with E-state index in [2.05, 4.69) is 27.6 Å². The molecule has 0 saturated carbocycles. The Bertz CT molecular complexity index is 491. The normalized spacial score (nSPS) is 10.3. The van der Waals surface area contributed by atoms with E-state index in [-0.39, 0.29) is 18.3 Å². The third-order valence-electron chi connectivity index (χ3n) is 3.45. The van der Waals surface area contributed by atoms with Gasteiger partial charge in [0.25, 0.3) is 5.91 Å². The Balaban J connectivity index is 2.69. The highest BCUT2D eigenvalue weighted by Crippen LogP contribution is 2.14. The maximum atomic E-state index is 12.6. The fraction of sp³-hybridized carbons (Fsp3) is 0.529. The van der Waals surface area contributed by atoms with Gasteiger partial charge in [0.2, 0.25) is 0 Å². The minimum atomic E-state index is -0.291. The lowest BCUT2D eigenvalue weighted by molar-refractivity contribution is -0.140. The van der Waals surface area contributed by atoms with E-state index in [1.54, 1.807) is 17.0 Å². The summed E-state index contributed by atoms with van der Waals surface area (Å²) in [7, 11) is 1.37. The number of methoxy groups -OCH3 is 1. The molecule has 5 heteroatoms. The largest absolute Gasteiger partial charge is 0.469 e. The summed E-state index contributed by atoms with van der Waals surface area (Å²) in [5.41, 5.74) is 0.634. The van der Waals surface area contributed by atoms with E-state index < -0.39 is 0 Å². The number of carbonyl (C=O) groups is 2. The van der Waals surface area contributed by atoms with E-state index in [1.807, 2.05) is 12.1 Å². The van der Waals surface area contributed by atoms with E-state index >= 15 is 0 Å². The smallest absolute Gasteiger partial charge is 0.307 e. The third-order valence-corrected chi connectivity index (χ3v) is 3.95. The molecule has 0 aliphatic heterocycles. The molecule has 1 rings (SSSR count). The summed E-state index contributed by atoms with van der Waals surface area (Å²) < 4.78 is 5.54. The lowest BCUT2D eigenvalue weighted by Crippen LogP contribution is -2.34. The van der Waals surface area contributed by atoms with Gasteiger partial charge in [0.05, 0.1) is 13.5 Å². The number of unbranched alkanes of at least 4 members (excludes halogenated alkanes) is 3. The van der Waals surface area contributed by atoms with Gasteiger partial charge < -0.3 is 9.64 Å². The Hall–Kier alpha value is -1.36. The minimum Gasteiger partial charge on any atom is -0.469 e. The molecule has 0 spiro atoms. The molecule has 0 aromatic heterocycles. The predicted octanol–water partition coefficient (Wildman–Crippen LogP) is 4.03. The van der Waals surface area contributed by atoms with Crippen LogP contribution in [0.4, 0.5) is 0 Å². The first-order chi connectivity index (χ1) is 10.6. The summed E-state index contributed by atoms with van der Waals surface area (Å²) in [6, 6.07) is 7.33. The zero-order chi connectivity index (χ0) is 16.4. The number of nitrogens with zero attached hydrogens (tertiary/aromatic N) is 1. The zero-order valence-electron chi connectivity index (χ0n) is 13.3. The molecule has 0 atom stereocenters. The highest BCUT2D eigenvalue weighted by atomic mass is 79.9. The molecule has 0 heterocycles. The van der Waals surface area contributed by atoms with Crippen molar-refractivity contribution >= 4 is 27.8 Å². The van der Waals surface area contributed by atoms with Crippen LogP contribution in [-0.2, 0) is 9.53 Å². The van der Waals surface area contributed by atoms with Crippen LogP contribution < -0.4 is 0 Å². The van der Waals surface area contributed by atoms with Crippen molar-refractivity contribution in [2.75, 3.05) is 20.2 Å². The van der Waals surface area contributed by atoms with Crippen molar-refractivity contribution < 1.29 is 14.3 Å². The molecular weight excluding hydrogens is 346 g/mol. The molecule has 0 unspecified atom stereocenters. The third kappa shape index (κ3) is 6.60. The summed E-state index contributed by atoms with van der Waals surface area (Å²) in [5, 5.41) is 0. The number of hydrogen-bond donors (Lipinski definition) is 0. The highest BCUT2D eigenvalue weighted by molar-refractivity contribution is 9.10. The quantitative estimate of drug-likeness (QED) is 0.487. The number of rotatable bonds is 9. The van der Waals surface area contributed by atoms with Gasteiger partial charge >= 0.3 is 5.97 Å². The first-order valence-corrected chi connectivity index (χ1v) is 8.49. The molecule has 1 aromatic rings. The second-order valence-electron chi connectivity index (χ2n) is 5.19. The molecule has 0 aliphatic rings. The molecule has 122 valence electrons. The number of benzene rings is 1. The minimum absolute atomic E-state index is 0.0401. The van der Waals surface area contributed by atoms with Gasteiger partial charge in [-0.05, 0) is 24.6 Å². The number of carbonyl (C=O) groups excluding carboxylic acids is 2. The van der Waals surface area contributed by atoms with Crippen LogP contribution in [0.3, 0.4) is 0 Å². The number of esters is 1. The number of ether oxygens (including phenoxy) is 1. The summed E-state index contributed by atoms with van der Waals surface area (Å²) >= 11 is 3.38. The monoisotopic (exact) mass is 369 g/mol. The molecule has 1 aromatic carbocycles. The summed E-state index contributed by atoms with van der Waals surface area (Å²) in [5.74, 6) is -0.331. The highest BCUT2D eigenvalue weighted by Gasteiger charge is 2.17. The Morgan fingerprint density at radius 3 is 2.59 bits per heavy atom. The summed E-state index contributed by atoms with van der Waals surface area (Å²) in [6.45, 7) is 3.22. The van der Waals surface area contributed by atoms with Crippen LogP contribution in [0.5, 0.6) is 0 Å². The lowest BCUT2D eigenvalue weighted by Gasteiger charge is -2.22. The molecule has 0 radical (unpaired) electrons. The van der Waals surface area contributed by atoms with Gasteiger partial charge in [-0.25, -0.2) is 0 Å². The van der Waals surface area contributed by atoms with Crippen molar-refractivity contribution in [1.29, 1.82) is 0 Å². The maximum absolute atomic E-state index is 12.6. The SMILES string of the molecule is CCCCCCN(CCC(=O)OC)C(=O)c1cccc(Br)c1. The van der Waals surface area contributed by atoms with Gasteiger partial charge in [-0.2, -0.15) is 0 Å². The van der Waals surface area contributed by atoms with E-state index in [1.165, 1.54) is 7.11 Å². The van der Waals surface area contributed by atoms with Crippen molar-refractivity contribution in [3.8, 4) is 0 Å². The first kappa shape index (κ1) is 18.7. The predicted molar refractivity (Wildman–Crippen MR) is 90.8 cm³/mol. The Kier molecular flexibility index (Phi) is 8.82. The molecule has 1 amide bonds. The first-order valence-electron chi connectivity index (χ1n) is 7.70. The van der Waals surface area contributed by atoms with Gasteiger partial charge in [0.1, 0.15) is 0 Å². The number of halogens is 1. The average molecular weight is 370 g/mol. The van der Waals surface area contributed by atoms with E-state index in [9.17, 15) is 9.59 Å². The van der Waals surface area contributed by atoms with E-state index in [0.717, 1.165) is 30.2 Å². The van der Waals surface area contributed by atoms with Crippen molar-refractivity contribution in [2.45, 2.75) is 39.0 Å². The second kappa shape index (κ2) is 10.4. The van der Waals surface area contributed by atoms with Gasteiger partial charge in [0, 0.05) is 23.1 Å². The van der Waals surface area contributed by atoms with E-state index in [4.69, 9.17) is 0 Å². The van der Waals surface area contributed by atoms with Crippen molar-refractivity contribution in [3.63, 3.8) is 0 Å². The van der Waals surface area contributed by atoms with Gasteiger partial charge in [0.15, 0.2) is 0 Å². The van der Waals surface area contributed by atoms with Crippen molar-refractivity contribution in [3.05, 3.63) is 34.3 Å². The Morgan fingerprint density at radius 2 is 1.95 bits per heavy atom. The van der Waals surface area contributed by atoms with Crippen molar-refractivity contribution in [1.82, 2.24) is 4.90 Å². The van der Waals surface area contributed by atoms with Crippen LogP contribution in [0.15, 0.2) is 28.7 Å². The van der Waals surface area contributed by atoms with Gasteiger partial charge in [-0.15, -0.1) is 0 Å². The Morgan fingerprint density at radius 1 is 1.18 bits per heavy atom. The standard InChI is InChI=1S/C17H24BrNO3/c1-3-4-5-6-11-19(12-10-16(20)22-2)17(21)14-8-7-9-15(18)13-14/h7-9,13H,3-6,10-12H2,1-2H3. The molecule has 0 bridgehead atoms. The molecule has 0 aliphatic carbocycles. The lowest BCUT2D eigenvalue weighted by atomic mass is 10.1. The van der Waals surface area contributed by atoms with Crippen LogP contribution >= 0.6 is 15.9 Å². The summed E-state index contributed by atoms with van der Waals surface area (Å²) in [6.07, 6.45) is 4.59. The fourth-order valence-electron chi connectivity index (χ4n) is 2.18. The van der Waals surface area contributed by atoms with Gasteiger partial charge in [-0.3, -0.25) is 9.59 Å². The van der Waals surface area contributed by atoms with Crippen LogP contribution in [0, 0.1) is 0 Å². The summed E-state index contributed by atoms with van der Waals surface area (Å²) in [4.78, 5) is 25.7.